The predicted molar refractivity (Wildman–Crippen MR) is 60.3 cm³/mol. The van der Waals surface area contributed by atoms with Crippen molar-refractivity contribution in [2.75, 3.05) is 6.61 Å². The first kappa shape index (κ1) is 10.5. The topological polar surface area (TPSA) is 27.1 Å². The van der Waals surface area contributed by atoms with Crippen LogP contribution >= 0.6 is 0 Å². The predicted octanol–water partition coefficient (Wildman–Crippen LogP) is 2.73. The zero-order valence-electron chi connectivity index (χ0n) is 10.3. The van der Waals surface area contributed by atoms with E-state index < -0.39 is 0 Å². The first-order valence-electron chi connectivity index (χ1n) is 5.61. The van der Waals surface area contributed by atoms with Crippen molar-refractivity contribution >= 4 is 0 Å². The van der Waals surface area contributed by atoms with Crippen LogP contribution in [0.5, 0.6) is 5.88 Å². The molecule has 1 aliphatic rings. The van der Waals surface area contributed by atoms with E-state index >= 15 is 0 Å². The standard InChI is InChI=1S/C12H20N2O/c1-8(2)10-9(3)11-14(13-10)6-12(4,5)7-15-11/h8H,6-7H2,1-5H3. The smallest absolute Gasteiger partial charge is 0.215 e. The lowest BCUT2D eigenvalue weighted by atomic mass is 9.94. The fraction of sp³-hybridized carbons (Fsp3) is 0.750. The molecule has 2 heterocycles. The third kappa shape index (κ3) is 1.75. The largest absolute Gasteiger partial charge is 0.477 e. The molecule has 1 aromatic rings. The lowest BCUT2D eigenvalue weighted by Crippen LogP contribution is -2.33. The van der Waals surface area contributed by atoms with Gasteiger partial charge in [0.2, 0.25) is 5.88 Å². The average molecular weight is 208 g/mol. The normalized spacial score (nSPS) is 18.8. The van der Waals surface area contributed by atoms with Crippen molar-refractivity contribution in [3.63, 3.8) is 0 Å². The van der Waals surface area contributed by atoms with E-state index in [9.17, 15) is 0 Å². The highest BCUT2D eigenvalue weighted by molar-refractivity contribution is 5.33. The highest BCUT2D eigenvalue weighted by Crippen LogP contribution is 2.34. The van der Waals surface area contributed by atoms with Gasteiger partial charge in [-0.25, -0.2) is 4.68 Å². The maximum Gasteiger partial charge on any atom is 0.215 e. The summed E-state index contributed by atoms with van der Waals surface area (Å²) < 4.78 is 7.82. The Balaban J connectivity index is 2.41. The SMILES string of the molecule is Cc1c(C(C)C)nn2c1OCC(C)(C)C2. The number of hydrogen-bond donors (Lipinski definition) is 0. The molecule has 0 saturated carbocycles. The molecule has 0 fully saturated rings. The maximum atomic E-state index is 5.80. The van der Waals surface area contributed by atoms with Crippen LogP contribution in [0, 0.1) is 12.3 Å². The van der Waals surface area contributed by atoms with Gasteiger partial charge in [0, 0.05) is 11.0 Å². The summed E-state index contributed by atoms with van der Waals surface area (Å²) in [5, 5.41) is 4.64. The minimum Gasteiger partial charge on any atom is -0.477 e. The van der Waals surface area contributed by atoms with E-state index in [1.54, 1.807) is 0 Å². The van der Waals surface area contributed by atoms with Crippen LogP contribution in [0.25, 0.3) is 0 Å². The van der Waals surface area contributed by atoms with E-state index in [-0.39, 0.29) is 5.41 Å². The van der Waals surface area contributed by atoms with Crippen LogP contribution < -0.4 is 4.74 Å². The summed E-state index contributed by atoms with van der Waals surface area (Å²) in [6.45, 7) is 12.6. The Kier molecular flexibility index (Phi) is 2.28. The van der Waals surface area contributed by atoms with Crippen molar-refractivity contribution in [2.45, 2.75) is 47.1 Å². The summed E-state index contributed by atoms with van der Waals surface area (Å²) in [6.07, 6.45) is 0. The Morgan fingerprint density at radius 1 is 1.40 bits per heavy atom. The van der Waals surface area contributed by atoms with E-state index in [1.165, 1.54) is 11.3 Å². The van der Waals surface area contributed by atoms with Crippen molar-refractivity contribution in [2.24, 2.45) is 5.41 Å². The fourth-order valence-electron chi connectivity index (χ4n) is 2.11. The van der Waals surface area contributed by atoms with Crippen molar-refractivity contribution < 1.29 is 4.74 Å². The zero-order chi connectivity index (χ0) is 11.2. The van der Waals surface area contributed by atoms with Crippen LogP contribution in [0.1, 0.15) is 44.9 Å². The summed E-state index contributed by atoms with van der Waals surface area (Å²) >= 11 is 0. The van der Waals surface area contributed by atoms with Gasteiger partial charge in [0.1, 0.15) is 0 Å². The van der Waals surface area contributed by atoms with Gasteiger partial charge in [-0.15, -0.1) is 0 Å². The molecule has 2 rings (SSSR count). The van der Waals surface area contributed by atoms with Gasteiger partial charge in [-0.1, -0.05) is 27.7 Å². The maximum absolute atomic E-state index is 5.80. The molecule has 0 atom stereocenters. The number of hydrogen-bond acceptors (Lipinski definition) is 2. The Labute approximate surface area is 91.4 Å². The minimum absolute atomic E-state index is 0.194. The Bertz CT molecular complexity index is 377. The molecule has 15 heavy (non-hydrogen) atoms. The van der Waals surface area contributed by atoms with Crippen LogP contribution in [0.4, 0.5) is 0 Å². The van der Waals surface area contributed by atoms with Crippen molar-refractivity contribution in [1.29, 1.82) is 0 Å². The molecule has 0 unspecified atom stereocenters. The first-order valence-corrected chi connectivity index (χ1v) is 5.61. The van der Waals surface area contributed by atoms with Crippen LogP contribution in [-0.4, -0.2) is 16.4 Å². The molecule has 0 bridgehead atoms. The van der Waals surface area contributed by atoms with E-state index in [4.69, 9.17) is 4.74 Å². The van der Waals surface area contributed by atoms with Crippen LogP contribution in [0.15, 0.2) is 0 Å². The summed E-state index contributed by atoms with van der Waals surface area (Å²) in [4.78, 5) is 0. The van der Waals surface area contributed by atoms with Crippen LogP contribution in [0.2, 0.25) is 0 Å². The highest BCUT2D eigenvalue weighted by Gasteiger charge is 2.30. The summed E-state index contributed by atoms with van der Waals surface area (Å²) in [7, 11) is 0. The second-order valence-corrected chi connectivity index (χ2v) is 5.58. The Morgan fingerprint density at radius 2 is 2.07 bits per heavy atom. The third-order valence-electron chi connectivity index (χ3n) is 2.89. The molecule has 0 aromatic carbocycles. The van der Waals surface area contributed by atoms with Gasteiger partial charge < -0.3 is 4.74 Å². The van der Waals surface area contributed by atoms with Crippen molar-refractivity contribution in [3.05, 3.63) is 11.3 Å². The van der Waals surface area contributed by atoms with E-state index in [1.807, 2.05) is 4.68 Å². The molecule has 0 spiro atoms. The molecule has 0 N–H and O–H groups in total. The summed E-state index contributed by atoms with van der Waals surface area (Å²) in [6, 6.07) is 0. The minimum atomic E-state index is 0.194. The number of rotatable bonds is 1. The zero-order valence-corrected chi connectivity index (χ0v) is 10.3. The fourth-order valence-corrected chi connectivity index (χ4v) is 2.11. The lowest BCUT2D eigenvalue weighted by molar-refractivity contribution is 0.0995. The molecule has 3 heteroatoms. The molecule has 0 radical (unpaired) electrons. The van der Waals surface area contributed by atoms with Gasteiger partial charge in [-0.05, 0) is 12.8 Å². The second kappa shape index (κ2) is 3.26. The number of fused-ring (bicyclic) bond motifs is 1. The van der Waals surface area contributed by atoms with Gasteiger partial charge in [-0.3, -0.25) is 0 Å². The van der Waals surface area contributed by atoms with Gasteiger partial charge in [0.15, 0.2) is 0 Å². The molecule has 3 nitrogen and oxygen atoms in total. The van der Waals surface area contributed by atoms with Crippen LogP contribution in [0.3, 0.4) is 0 Å². The van der Waals surface area contributed by atoms with Gasteiger partial charge in [0.05, 0.1) is 18.8 Å². The summed E-state index contributed by atoms with van der Waals surface area (Å²) in [5.41, 5.74) is 2.57. The highest BCUT2D eigenvalue weighted by atomic mass is 16.5. The van der Waals surface area contributed by atoms with E-state index in [0.717, 1.165) is 19.0 Å². The molecular formula is C12H20N2O. The van der Waals surface area contributed by atoms with Crippen molar-refractivity contribution in [1.82, 2.24) is 9.78 Å². The quantitative estimate of drug-likeness (QED) is 0.709. The third-order valence-corrected chi connectivity index (χ3v) is 2.89. The molecule has 0 saturated heterocycles. The number of nitrogens with zero attached hydrogens (tertiary/aromatic N) is 2. The molecule has 0 aliphatic carbocycles. The molecular weight excluding hydrogens is 188 g/mol. The first-order chi connectivity index (χ1) is 6.91. The lowest BCUT2D eigenvalue weighted by Gasteiger charge is -2.30. The molecule has 1 aromatic heterocycles. The number of aromatic nitrogens is 2. The van der Waals surface area contributed by atoms with Crippen LogP contribution in [-0.2, 0) is 6.54 Å². The molecule has 0 amide bonds. The van der Waals surface area contributed by atoms with Gasteiger partial charge >= 0.3 is 0 Å². The Morgan fingerprint density at radius 3 is 2.67 bits per heavy atom. The van der Waals surface area contributed by atoms with E-state index in [0.29, 0.717) is 5.92 Å². The summed E-state index contributed by atoms with van der Waals surface area (Å²) in [5.74, 6) is 1.44. The average Bonchev–Trinajstić information content (AvgIpc) is 2.41. The number of ether oxygens (including phenoxy) is 1. The van der Waals surface area contributed by atoms with E-state index in [2.05, 4.69) is 39.7 Å². The van der Waals surface area contributed by atoms with Gasteiger partial charge in [0.25, 0.3) is 0 Å². The van der Waals surface area contributed by atoms with Gasteiger partial charge in [-0.2, -0.15) is 5.10 Å². The monoisotopic (exact) mass is 208 g/mol. The molecule has 84 valence electrons. The second-order valence-electron chi connectivity index (χ2n) is 5.58. The Hall–Kier alpha value is -0.990. The van der Waals surface area contributed by atoms with Crippen molar-refractivity contribution in [3.8, 4) is 5.88 Å². The molecule has 1 aliphatic heterocycles.